The molecule has 0 saturated carbocycles. The number of hydrazine groups is 1. The maximum absolute atomic E-state index is 5.66. The minimum atomic E-state index is 0.214. The van der Waals surface area contributed by atoms with Gasteiger partial charge in [0.05, 0.1) is 13.2 Å². The van der Waals surface area contributed by atoms with E-state index >= 15 is 0 Å². The molecule has 8 nitrogen and oxygen atoms in total. The maximum atomic E-state index is 5.66. The monoisotopic (exact) mass is 239 g/mol. The van der Waals surface area contributed by atoms with Crippen LogP contribution in [-0.4, -0.2) is 60.4 Å². The summed E-state index contributed by atoms with van der Waals surface area (Å²) in [5.74, 6) is 1.25. The number of nitrogens with two attached hydrogens (primary N) is 1. The van der Waals surface area contributed by atoms with Crippen LogP contribution < -0.4 is 16.1 Å². The van der Waals surface area contributed by atoms with Gasteiger partial charge in [-0.15, -0.1) is 0 Å². The van der Waals surface area contributed by atoms with Crippen LogP contribution in [0.3, 0.4) is 0 Å². The summed E-state index contributed by atoms with van der Waals surface area (Å²) in [5.41, 5.74) is 8.62. The summed E-state index contributed by atoms with van der Waals surface area (Å²) in [5, 5.41) is 1.75. The van der Waals surface area contributed by atoms with Gasteiger partial charge in [0.2, 0.25) is 17.8 Å². The van der Waals surface area contributed by atoms with Crippen LogP contribution in [-0.2, 0) is 4.74 Å². The molecule has 2 rings (SSSR count). The number of ether oxygens (including phenoxy) is 1. The zero-order chi connectivity index (χ0) is 12.3. The zero-order valence-corrected chi connectivity index (χ0v) is 10.1. The molecule has 1 fully saturated rings. The molecule has 0 amide bonds. The summed E-state index contributed by atoms with van der Waals surface area (Å²) in [4.78, 5) is 14.5. The number of hydrogen-bond donors (Lipinski definition) is 2. The molecule has 17 heavy (non-hydrogen) atoms. The molecule has 1 saturated heterocycles. The molecule has 0 radical (unpaired) electrons. The predicted octanol–water partition coefficient (Wildman–Crippen LogP) is -0.821. The van der Waals surface area contributed by atoms with E-state index in [1.807, 2.05) is 19.0 Å². The minimum absolute atomic E-state index is 0.214. The van der Waals surface area contributed by atoms with Crippen LogP contribution in [0.5, 0.6) is 0 Å². The SMILES string of the molecule is CN(C)Nc1nc(N)nc(N2CCOCC2)n1. The topological polar surface area (TPSA) is 92.4 Å². The Kier molecular flexibility index (Phi) is 3.55. The highest BCUT2D eigenvalue weighted by Gasteiger charge is 2.15. The summed E-state index contributed by atoms with van der Waals surface area (Å²) in [6, 6.07) is 0. The molecular weight excluding hydrogens is 222 g/mol. The Bertz CT molecular complexity index is 378. The number of nitrogens with zero attached hydrogens (tertiary/aromatic N) is 5. The molecule has 0 aliphatic carbocycles. The van der Waals surface area contributed by atoms with Gasteiger partial charge in [-0.3, -0.25) is 5.43 Å². The second-order valence-corrected chi connectivity index (χ2v) is 3.92. The van der Waals surface area contributed by atoms with Gasteiger partial charge < -0.3 is 15.4 Å². The standard InChI is InChI=1S/C9H17N7O/c1-15(2)14-8-11-7(10)12-9(13-8)16-3-5-17-6-4-16/h3-6H2,1-2H3,(H3,10,11,12,13,14). The molecule has 1 aromatic heterocycles. The lowest BCUT2D eigenvalue weighted by molar-refractivity contribution is 0.122. The van der Waals surface area contributed by atoms with E-state index in [-0.39, 0.29) is 5.95 Å². The van der Waals surface area contributed by atoms with Crippen molar-refractivity contribution in [2.75, 3.05) is 56.5 Å². The van der Waals surface area contributed by atoms with E-state index in [0.29, 0.717) is 25.1 Å². The molecule has 2 heterocycles. The normalized spacial score (nSPS) is 16.3. The number of anilines is 3. The van der Waals surface area contributed by atoms with Gasteiger partial charge in [0.1, 0.15) is 0 Å². The Balaban J connectivity index is 2.18. The van der Waals surface area contributed by atoms with Crippen molar-refractivity contribution >= 4 is 17.8 Å². The van der Waals surface area contributed by atoms with Gasteiger partial charge in [0, 0.05) is 27.2 Å². The van der Waals surface area contributed by atoms with E-state index < -0.39 is 0 Å². The van der Waals surface area contributed by atoms with Gasteiger partial charge >= 0.3 is 0 Å². The minimum Gasteiger partial charge on any atom is -0.378 e. The molecule has 0 atom stereocenters. The number of hydrogen-bond acceptors (Lipinski definition) is 8. The molecule has 8 heteroatoms. The highest BCUT2D eigenvalue weighted by atomic mass is 16.5. The number of aromatic nitrogens is 3. The maximum Gasteiger partial charge on any atom is 0.244 e. The molecule has 1 aliphatic rings. The molecular formula is C9H17N7O. The first-order valence-electron chi connectivity index (χ1n) is 5.43. The van der Waals surface area contributed by atoms with Crippen molar-refractivity contribution in [3.05, 3.63) is 0 Å². The molecule has 1 aliphatic heterocycles. The number of nitrogens with one attached hydrogen (secondary N) is 1. The third kappa shape index (κ3) is 3.14. The second-order valence-electron chi connectivity index (χ2n) is 3.92. The Morgan fingerprint density at radius 2 is 1.94 bits per heavy atom. The van der Waals surface area contributed by atoms with E-state index in [9.17, 15) is 0 Å². The fourth-order valence-electron chi connectivity index (χ4n) is 1.54. The van der Waals surface area contributed by atoms with Gasteiger partial charge in [0.15, 0.2) is 0 Å². The second kappa shape index (κ2) is 5.11. The van der Waals surface area contributed by atoms with Crippen molar-refractivity contribution in [3.8, 4) is 0 Å². The van der Waals surface area contributed by atoms with Crippen molar-refractivity contribution in [2.24, 2.45) is 0 Å². The van der Waals surface area contributed by atoms with Crippen LogP contribution in [0.25, 0.3) is 0 Å². The van der Waals surface area contributed by atoms with E-state index in [2.05, 4.69) is 20.4 Å². The Labute approximate surface area is 99.8 Å². The highest BCUT2D eigenvalue weighted by molar-refractivity contribution is 5.41. The van der Waals surface area contributed by atoms with Crippen molar-refractivity contribution in [1.29, 1.82) is 0 Å². The van der Waals surface area contributed by atoms with Gasteiger partial charge in [-0.1, -0.05) is 0 Å². The number of rotatable bonds is 3. The average molecular weight is 239 g/mol. The Morgan fingerprint density at radius 1 is 1.24 bits per heavy atom. The smallest absolute Gasteiger partial charge is 0.244 e. The lowest BCUT2D eigenvalue weighted by atomic mass is 10.4. The molecule has 94 valence electrons. The van der Waals surface area contributed by atoms with E-state index in [1.54, 1.807) is 5.01 Å². The van der Waals surface area contributed by atoms with Crippen molar-refractivity contribution < 1.29 is 4.74 Å². The van der Waals surface area contributed by atoms with Gasteiger partial charge in [-0.25, -0.2) is 5.01 Å². The first-order valence-corrected chi connectivity index (χ1v) is 5.43. The largest absolute Gasteiger partial charge is 0.378 e. The summed E-state index contributed by atoms with van der Waals surface area (Å²) in [6.45, 7) is 2.90. The lowest BCUT2D eigenvalue weighted by Crippen LogP contribution is -2.37. The van der Waals surface area contributed by atoms with Crippen LogP contribution in [0.4, 0.5) is 17.8 Å². The van der Waals surface area contributed by atoms with Crippen LogP contribution >= 0.6 is 0 Å². The van der Waals surface area contributed by atoms with E-state index in [1.165, 1.54) is 0 Å². The average Bonchev–Trinajstić information content (AvgIpc) is 2.28. The van der Waals surface area contributed by atoms with Crippen molar-refractivity contribution in [1.82, 2.24) is 20.0 Å². The van der Waals surface area contributed by atoms with Crippen LogP contribution in [0.1, 0.15) is 0 Å². The molecule has 0 bridgehead atoms. The van der Waals surface area contributed by atoms with Gasteiger partial charge in [0.25, 0.3) is 0 Å². The summed E-state index contributed by atoms with van der Waals surface area (Å²) in [6.07, 6.45) is 0. The summed E-state index contributed by atoms with van der Waals surface area (Å²) >= 11 is 0. The predicted molar refractivity (Wildman–Crippen MR) is 64.6 cm³/mol. The highest BCUT2D eigenvalue weighted by Crippen LogP contribution is 2.13. The van der Waals surface area contributed by atoms with Crippen LogP contribution in [0.2, 0.25) is 0 Å². The van der Waals surface area contributed by atoms with Crippen LogP contribution in [0.15, 0.2) is 0 Å². The fraction of sp³-hybridized carbons (Fsp3) is 0.667. The fourth-order valence-corrected chi connectivity index (χ4v) is 1.54. The van der Waals surface area contributed by atoms with Gasteiger partial charge in [-0.05, 0) is 0 Å². The number of morpholine rings is 1. The zero-order valence-electron chi connectivity index (χ0n) is 10.1. The summed E-state index contributed by atoms with van der Waals surface area (Å²) in [7, 11) is 3.71. The molecule has 3 N–H and O–H groups in total. The number of nitrogen functional groups attached to an aromatic ring is 1. The van der Waals surface area contributed by atoms with Crippen molar-refractivity contribution in [3.63, 3.8) is 0 Å². The molecule has 1 aromatic rings. The third-order valence-corrected chi connectivity index (χ3v) is 2.26. The molecule has 0 unspecified atom stereocenters. The van der Waals surface area contributed by atoms with Crippen molar-refractivity contribution in [2.45, 2.75) is 0 Å². The van der Waals surface area contributed by atoms with E-state index in [4.69, 9.17) is 10.5 Å². The quantitative estimate of drug-likeness (QED) is 0.661. The first-order chi connectivity index (χ1) is 8.15. The Morgan fingerprint density at radius 3 is 2.59 bits per heavy atom. The third-order valence-electron chi connectivity index (χ3n) is 2.26. The van der Waals surface area contributed by atoms with Gasteiger partial charge in [-0.2, -0.15) is 15.0 Å². The molecule has 0 aromatic carbocycles. The Hall–Kier alpha value is -1.67. The summed E-state index contributed by atoms with van der Waals surface area (Å²) < 4.78 is 5.28. The molecule has 0 spiro atoms. The lowest BCUT2D eigenvalue weighted by Gasteiger charge is -2.27. The van der Waals surface area contributed by atoms with Crippen LogP contribution in [0, 0.1) is 0 Å². The van der Waals surface area contributed by atoms with E-state index in [0.717, 1.165) is 13.1 Å². The first kappa shape index (κ1) is 11.8.